The summed E-state index contributed by atoms with van der Waals surface area (Å²) >= 11 is 0. The highest BCUT2D eigenvalue weighted by atomic mass is 16.4. The number of piperidine rings is 1. The minimum atomic E-state index is -0.785. The molecule has 0 spiro atoms. The molecular formula is C14H27BN2O2. The highest BCUT2D eigenvalue weighted by Crippen LogP contribution is 2.21. The van der Waals surface area contributed by atoms with Crippen LogP contribution >= 0.6 is 0 Å². The number of hydrogen-bond donors (Lipinski definition) is 2. The van der Waals surface area contributed by atoms with Gasteiger partial charge in [0.15, 0.2) is 0 Å². The molecule has 0 aromatic carbocycles. The first-order valence-electron chi connectivity index (χ1n) is 7.49. The van der Waals surface area contributed by atoms with Gasteiger partial charge in [-0.2, -0.15) is 0 Å². The summed E-state index contributed by atoms with van der Waals surface area (Å²) in [5.74, 6) is -0.732. The van der Waals surface area contributed by atoms with Crippen LogP contribution in [0, 0.1) is 0 Å². The maximum Gasteiger partial charge on any atom is 0.323 e. The molecule has 1 rings (SSSR count). The third-order valence-electron chi connectivity index (χ3n) is 4.25. The maximum atomic E-state index is 11.6. The Bertz CT molecular complexity index is 270. The zero-order valence-corrected chi connectivity index (χ0v) is 12.2. The van der Waals surface area contributed by atoms with Gasteiger partial charge >= 0.3 is 5.97 Å². The molecule has 1 fully saturated rings. The molecule has 0 amide bonds. The van der Waals surface area contributed by atoms with Crippen molar-refractivity contribution >= 4 is 13.8 Å². The SMILES string of the molecule is [B]CCCCC(CCN1CCCCC1)(NC)C(=O)O. The van der Waals surface area contributed by atoms with Gasteiger partial charge < -0.3 is 15.3 Å². The van der Waals surface area contributed by atoms with E-state index < -0.39 is 11.5 Å². The molecule has 1 unspecified atom stereocenters. The Balaban J connectivity index is 2.49. The third kappa shape index (κ3) is 5.15. The summed E-state index contributed by atoms with van der Waals surface area (Å²) in [5.41, 5.74) is -0.785. The molecule has 108 valence electrons. The molecule has 19 heavy (non-hydrogen) atoms. The normalized spacial score (nSPS) is 20.1. The monoisotopic (exact) mass is 266 g/mol. The van der Waals surface area contributed by atoms with Crippen molar-refractivity contribution in [3.05, 3.63) is 0 Å². The standard InChI is InChI=1S/C14H27BN2O2/c1-16-14(13(18)19,7-3-4-9-15)8-12-17-10-5-2-6-11-17/h16H,2-12H2,1H3,(H,18,19). The molecule has 1 aliphatic heterocycles. The average molecular weight is 266 g/mol. The number of nitrogens with one attached hydrogen (secondary N) is 1. The van der Waals surface area contributed by atoms with Gasteiger partial charge in [0.1, 0.15) is 5.54 Å². The van der Waals surface area contributed by atoms with E-state index in [1.807, 2.05) is 0 Å². The number of carboxylic acid groups (broad SMARTS) is 1. The zero-order chi connectivity index (χ0) is 14.1. The fraction of sp³-hybridized carbons (Fsp3) is 0.929. The first kappa shape index (κ1) is 16.5. The number of unbranched alkanes of at least 4 members (excludes halogenated alkanes) is 1. The summed E-state index contributed by atoms with van der Waals surface area (Å²) in [4.78, 5) is 14.0. The van der Waals surface area contributed by atoms with Crippen molar-refractivity contribution in [2.75, 3.05) is 26.7 Å². The van der Waals surface area contributed by atoms with Crippen LogP contribution in [0.1, 0.15) is 44.9 Å². The van der Waals surface area contributed by atoms with Gasteiger partial charge in [-0.05, 0) is 45.8 Å². The van der Waals surface area contributed by atoms with E-state index in [-0.39, 0.29) is 0 Å². The van der Waals surface area contributed by atoms with E-state index in [4.69, 9.17) is 7.85 Å². The number of nitrogens with zero attached hydrogens (tertiary/aromatic N) is 1. The van der Waals surface area contributed by atoms with Gasteiger partial charge in [-0.1, -0.05) is 25.6 Å². The van der Waals surface area contributed by atoms with E-state index >= 15 is 0 Å². The van der Waals surface area contributed by atoms with Gasteiger partial charge in [0.25, 0.3) is 0 Å². The number of carboxylic acids is 1. The average Bonchev–Trinajstić information content (AvgIpc) is 2.44. The Kier molecular flexibility index (Phi) is 7.46. The van der Waals surface area contributed by atoms with Gasteiger partial charge in [0.2, 0.25) is 0 Å². The summed E-state index contributed by atoms with van der Waals surface area (Å²) in [6.45, 7) is 3.10. The maximum absolute atomic E-state index is 11.6. The van der Waals surface area contributed by atoms with Crippen LogP contribution in [0.2, 0.25) is 6.32 Å². The molecule has 0 aromatic heterocycles. The summed E-state index contributed by atoms with van der Waals surface area (Å²) in [5, 5.41) is 12.6. The van der Waals surface area contributed by atoms with Crippen LogP contribution in [0.25, 0.3) is 0 Å². The molecule has 1 saturated heterocycles. The minimum Gasteiger partial charge on any atom is -0.480 e. The predicted octanol–water partition coefficient (Wildman–Crippen LogP) is 1.66. The van der Waals surface area contributed by atoms with E-state index in [0.29, 0.717) is 19.2 Å². The fourth-order valence-corrected chi connectivity index (χ4v) is 2.80. The Morgan fingerprint density at radius 2 is 1.95 bits per heavy atom. The van der Waals surface area contributed by atoms with Gasteiger partial charge in [0.05, 0.1) is 7.85 Å². The zero-order valence-electron chi connectivity index (χ0n) is 12.2. The molecule has 2 N–H and O–H groups in total. The van der Waals surface area contributed by atoms with Gasteiger partial charge in [-0.3, -0.25) is 4.79 Å². The molecule has 0 bridgehead atoms. The van der Waals surface area contributed by atoms with Gasteiger partial charge in [0, 0.05) is 6.54 Å². The molecule has 1 aliphatic rings. The number of hydrogen-bond acceptors (Lipinski definition) is 3. The van der Waals surface area contributed by atoms with Crippen LogP contribution in [0.4, 0.5) is 0 Å². The van der Waals surface area contributed by atoms with E-state index in [9.17, 15) is 9.90 Å². The third-order valence-corrected chi connectivity index (χ3v) is 4.25. The smallest absolute Gasteiger partial charge is 0.323 e. The van der Waals surface area contributed by atoms with Crippen molar-refractivity contribution in [3.8, 4) is 0 Å². The molecule has 0 saturated carbocycles. The molecule has 1 heterocycles. The first-order valence-corrected chi connectivity index (χ1v) is 7.49. The van der Waals surface area contributed by atoms with Crippen LogP contribution in [0.5, 0.6) is 0 Å². The molecule has 2 radical (unpaired) electrons. The van der Waals surface area contributed by atoms with Crippen molar-refractivity contribution in [1.82, 2.24) is 10.2 Å². The summed E-state index contributed by atoms with van der Waals surface area (Å²) in [6, 6.07) is 0. The van der Waals surface area contributed by atoms with E-state index in [0.717, 1.165) is 32.5 Å². The molecule has 5 heteroatoms. The number of carbonyl (C=O) groups is 1. The van der Waals surface area contributed by atoms with E-state index in [1.165, 1.54) is 19.3 Å². The summed E-state index contributed by atoms with van der Waals surface area (Å²) < 4.78 is 0. The molecular weight excluding hydrogens is 239 g/mol. The molecule has 1 atom stereocenters. The number of likely N-dealkylation sites (tertiary alicyclic amines) is 1. The van der Waals surface area contributed by atoms with Crippen LogP contribution in [-0.4, -0.2) is 56.0 Å². The largest absolute Gasteiger partial charge is 0.480 e. The molecule has 0 aliphatic carbocycles. The lowest BCUT2D eigenvalue weighted by atomic mass is 9.87. The molecule has 0 aromatic rings. The van der Waals surface area contributed by atoms with Crippen LogP contribution in [-0.2, 0) is 4.79 Å². The van der Waals surface area contributed by atoms with Gasteiger partial charge in [-0.25, -0.2) is 0 Å². The van der Waals surface area contributed by atoms with E-state index in [2.05, 4.69) is 10.2 Å². The fourth-order valence-electron chi connectivity index (χ4n) is 2.80. The number of rotatable bonds is 9. The summed E-state index contributed by atoms with van der Waals surface area (Å²) in [6.07, 6.45) is 7.51. The number of aliphatic carboxylic acids is 1. The quantitative estimate of drug-likeness (QED) is 0.492. The second-order valence-corrected chi connectivity index (χ2v) is 5.54. The van der Waals surface area contributed by atoms with Crippen LogP contribution < -0.4 is 5.32 Å². The highest BCUT2D eigenvalue weighted by Gasteiger charge is 2.36. The van der Waals surface area contributed by atoms with Crippen LogP contribution in [0.3, 0.4) is 0 Å². The number of likely N-dealkylation sites (N-methyl/N-ethyl adjacent to an activating group) is 1. The lowest BCUT2D eigenvalue weighted by Gasteiger charge is -2.33. The Hall–Kier alpha value is -0.545. The topological polar surface area (TPSA) is 52.6 Å². The Morgan fingerprint density at radius 1 is 1.26 bits per heavy atom. The van der Waals surface area contributed by atoms with Crippen molar-refractivity contribution in [2.24, 2.45) is 0 Å². The van der Waals surface area contributed by atoms with Crippen molar-refractivity contribution in [3.63, 3.8) is 0 Å². The van der Waals surface area contributed by atoms with Gasteiger partial charge in [-0.15, -0.1) is 0 Å². The summed E-state index contributed by atoms with van der Waals surface area (Å²) in [7, 11) is 7.25. The second-order valence-electron chi connectivity index (χ2n) is 5.54. The predicted molar refractivity (Wildman–Crippen MR) is 78.7 cm³/mol. The highest BCUT2D eigenvalue weighted by molar-refractivity contribution is 6.08. The lowest BCUT2D eigenvalue weighted by molar-refractivity contribution is -0.145. The van der Waals surface area contributed by atoms with Crippen molar-refractivity contribution in [1.29, 1.82) is 0 Å². The Morgan fingerprint density at radius 3 is 2.47 bits per heavy atom. The Labute approximate surface area is 118 Å². The van der Waals surface area contributed by atoms with Crippen LogP contribution in [0.15, 0.2) is 0 Å². The lowest BCUT2D eigenvalue weighted by Crippen LogP contribution is -2.52. The minimum absolute atomic E-state index is 0.630. The van der Waals surface area contributed by atoms with Crippen molar-refractivity contribution < 1.29 is 9.90 Å². The van der Waals surface area contributed by atoms with E-state index in [1.54, 1.807) is 7.05 Å². The first-order chi connectivity index (χ1) is 9.14. The molecule has 4 nitrogen and oxygen atoms in total. The van der Waals surface area contributed by atoms with Crippen molar-refractivity contribution in [2.45, 2.75) is 56.8 Å². The second kappa shape index (κ2) is 8.59.